The zero-order chi connectivity index (χ0) is 19.7. The minimum atomic E-state index is -0.340. The molecule has 0 fully saturated rings. The SMILES string of the molecule is C=CCN(CCc1ccc(C(C)(C)C)cc1)C(=O)C(=C)CCC(=O)OC. The van der Waals surface area contributed by atoms with Gasteiger partial charge in [0.05, 0.1) is 7.11 Å². The van der Waals surface area contributed by atoms with Gasteiger partial charge in [0, 0.05) is 25.1 Å². The lowest BCUT2D eigenvalue weighted by molar-refractivity contribution is -0.140. The number of nitrogens with zero attached hydrogens (tertiary/aromatic N) is 1. The topological polar surface area (TPSA) is 46.6 Å². The summed E-state index contributed by atoms with van der Waals surface area (Å²) in [6.45, 7) is 15.1. The maximum Gasteiger partial charge on any atom is 0.305 e. The maximum atomic E-state index is 12.6. The van der Waals surface area contributed by atoms with Crippen LogP contribution in [0.5, 0.6) is 0 Å². The highest BCUT2D eigenvalue weighted by Gasteiger charge is 2.17. The van der Waals surface area contributed by atoms with E-state index in [1.54, 1.807) is 11.0 Å². The first-order valence-corrected chi connectivity index (χ1v) is 8.93. The minimum absolute atomic E-state index is 0.126. The Morgan fingerprint density at radius 2 is 1.77 bits per heavy atom. The lowest BCUT2D eigenvalue weighted by atomic mass is 9.86. The van der Waals surface area contributed by atoms with Gasteiger partial charge in [-0.25, -0.2) is 0 Å². The van der Waals surface area contributed by atoms with Crippen molar-refractivity contribution in [2.24, 2.45) is 0 Å². The third kappa shape index (κ3) is 6.87. The Balaban J connectivity index is 2.67. The Bertz CT molecular complexity index is 638. The monoisotopic (exact) mass is 357 g/mol. The van der Waals surface area contributed by atoms with Crippen molar-refractivity contribution in [1.82, 2.24) is 4.90 Å². The van der Waals surface area contributed by atoms with Crippen molar-refractivity contribution in [1.29, 1.82) is 0 Å². The van der Waals surface area contributed by atoms with E-state index in [4.69, 9.17) is 0 Å². The average Bonchev–Trinajstić information content (AvgIpc) is 2.61. The van der Waals surface area contributed by atoms with Crippen LogP contribution < -0.4 is 0 Å². The van der Waals surface area contributed by atoms with Gasteiger partial charge in [-0.15, -0.1) is 6.58 Å². The molecule has 26 heavy (non-hydrogen) atoms. The van der Waals surface area contributed by atoms with E-state index >= 15 is 0 Å². The number of hydrogen-bond donors (Lipinski definition) is 0. The number of benzene rings is 1. The molecule has 142 valence electrons. The normalized spacial score (nSPS) is 10.9. The van der Waals surface area contributed by atoms with Crippen molar-refractivity contribution in [2.45, 2.75) is 45.4 Å². The molecule has 0 saturated heterocycles. The van der Waals surface area contributed by atoms with Crippen LogP contribution in [-0.4, -0.2) is 37.0 Å². The quantitative estimate of drug-likeness (QED) is 0.380. The molecule has 0 N–H and O–H groups in total. The lowest BCUT2D eigenvalue weighted by Gasteiger charge is -2.23. The van der Waals surface area contributed by atoms with Gasteiger partial charge in [-0.05, 0) is 29.4 Å². The van der Waals surface area contributed by atoms with Crippen molar-refractivity contribution in [2.75, 3.05) is 20.2 Å². The molecular formula is C22H31NO3. The van der Waals surface area contributed by atoms with Gasteiger partial charge in [0.1, 0.15) is 0 Å². The zero-order valence-corrected chi connectivity index (χ0v) is 16.5. The molecular weight excluding hydrogens is 326 g/mol. The molecule has 0 atom stereocenters. The van der Waals surface area contributed by atoms with Crippen LogP contribution in [-0.2, 0) is 26.2 Å². The molecule has 1 amide bonds. The first-order valence-electron chi connectivity index (χ1n) is 8.93. The standard InChI is InChI=1S/C22H31NO3/c1-7-15-23(21(25)17(2)8-13-20(24)26-6)16-14-18-9-11-19(12-10-18)22(3,4)5/h7,9-12H,1-2,8,13-16H2,3-6H3. The van der Waals surface area contributed by atoms with E-state index in [1.165, 1.54) is 18.2 Å². The predicted molar refractivity (Wildman–Crippen MR) is 106 cm³/mol. The van der Waals surface area contributed by atoms with Crippen molar-refractivity contribution in [3.8, 4) is 0 Å². The van der Waals surface area contributed by atoms with E-state index < -0.39 is 0 Å². The Morgan fingerprint density at radius 1 is 1.15 bits per heavy atom. The molecule has 0 spiro atoms. The number of carbonyl (C=O) groups excluding carboxylic acids is 2. The highest BCUT2D eigenvalue weighted by molar-refractivity contribution is 5.93. The van der Waals surface area contributed by atoms with Gasteiger partial charge < -0.3 is 9.64 Å². The zero-order valence-electron chi connectivity index (χ0n) is 16.5. The first kappa shape index (κ1) is 21.7. The summed E-state index contributed by atoms with van der Waals surface area (Å²) < 4.78 is 4.61. The van der Waals surface area contributed by atoms with Gasteiger partial charge in [-0.1, -0.05) is 57.7 Å². The lowest BCUT2D eigenvalue weighted by Crippen LogP contribution is -2.34. The van der Waals surface area contributed by atoms with Crippen LogP contribution >= 0.6 is 0 Å². The van der Waals surface area contributed by atoms with Crippen LogP contribution in [0.4, 0.5) is 0 Å². The maximum absolute atomic E-state index is 12.6. The number of hydrogen-bond acceptors (Lipinski definition) is 3. The Hall–Kier alpha value is -2.36. The van der Waals surface area contributed by atoms with Gasteiger partial charge in [-0.3, -0.25) is 9.59 Å². The van der Waals surface area contributed by atoms with Crippen molar-refractivity contribution >= 4 is 11.9 Å². The molecule has 0 radical (unpaired) electrons. The van der Waals surface area contributed by atoms with Crippen LogP contribution in [0, 0.1) is 0 Å². The molecule has 0 aliphatic carbocycles. The fourth-order valence-corrected chi connectivity index (χ4v) is 2.55. The van der Waals surface area contributed by atoms with Crippen LogP contribution in [0.2, 0.25) is 0 Å². The van der Waals surface area contributed by atoms with E-state index in [-0.39, 0.29) is 23.7 Å². The van der Waals surface area contributed by atoms with E-state index in [0.717, 1.165) is 6.42 Å². The van der Waals surface area contributed by atoms with Crippen molar-refractivity contribution in [3.05, 3.63) is 60.2 Å². The summed E-state index contributed by atoms with van der Waals surface area (Å²) in [6.07, 6.45) is 2.93. The van der Waals surface area contributed by atoms with Gasteiger partial charge >= 0.3 is 5.97 Å². The number of amides is 1. The summed E-state index contributed by atoms with van der Waals surface area (Å²) >= 11 is 0. The minimum Gasteiger partial charge on any atom is -0.469 e. The number of esters is 1. The van der Waals surface area contributed by atoms with Gasteiger partial charge in [0.15, 0.2) is 0 Å². The van der Waals surface area contributed by atoms with Crippen molar-refractivity contribution in [3.63, 3.8) is 0 Å². The molecule has 1 aromatic rings. The molecule has 4 nitrogen and oxygen atoms in total. The summed E-state index contributed by atoms with van der Waals surface area (Å²) in [5.41, 5.74) is 3.01. The summed E-state index contributed by atoms with van der Waals surface area (Å²) in [5.74, 6) is -0.478. The molecule has 0 bridgehead atoms. The smallest absolute Gasteiger partial charge is 0.305 e. The Labute approximate surface area is 157 Å². The Kier molecular flexibility index (Phi) is 8.30. The molecule has 1 rings (SSSR count). The first-order chi connectivity index (χ1) is 12.2. The molecule has 1 aromatic carbocycles. The van der Waals surface area contributed by atoms with Crippen LogP contribution in [0.3, 0.4) is 0 Å². The molecule has 0 heterocycles. The summed E-state index contributed by atoms with van der Waals surface area (Å²) in [5, 5.41) is 0. The molecule has 0 aromatic heterocycles. The number of carbonyl (C=O) groups is 2. The van der Waals surface area contributed by atoms with Gasteiger partial charge in [0.2, 0.25) is 5.91 Å². The van der Waals surface area contributed by atoms with E-state index in [9.17, 15) is 9.59 Å². The summed E-state index contributed by atoms with van der Waals surface area (Å²) in [6, 6.07) is 8.51. The number of methoxy groups -OCH3 is 1. The fourth-order valence-electron chi connectivity index (χ4n) is 2.55. The highest BCUT2D eigenvalue weighted by Crippen LogP contribution is 2.22. The molecule has 0 aliphatic rings. The summed E-state index contributed by atoms with van der Waals surface area (Å²) in [7, 11) is 1.34. The van der Waals surface area contributed by atoms with Gasteiger partial charge in [-0.2, -0.15) is 0 Å². The fraction of sp³-hybridized carbons (Fsp3) is 0.455. The molecule has 4 heteroatoms. The second kappa shape index (κ2) is 9.95. The van der Waals surface area contributed by atoms with E-state index in [1.807, 2.05) is 0 Å². The Morgan fingerprint density at radius 3 is 2.27 bits per heavy atom. The van der Waals surface area contributed by atoms with Crippen LogP contribution in [0.15, 0.2) is 49.1 Å². The number of ether oxygens (including phenoxy) is 1. The molecule has 0 saturated carbocycles. The van der Waals surface area contributed by atoms with E-state index in [2.05, 4.69) is 62.9 Å². The third-order valence-electron chi connectivity index (χ3n) is 4.29. The predicted octanol–water partition coefficient (Wildman–Crippen LogP) is 4.05. The average molecular weight is 357 g/mol. The van der Waals surface area contributed by atoms with Crippen LogP contribution in [0.1, 0.15) is 44.7 Å². The molecule has 0 aliphatic heterocycles. The van der Waals surface area contributed by atoms with Gasteiger partial charge in [0.25, 0.3) is 0 Å². The summed E-state index contributed by atoms with van der Waals surface area (Å²) in [4.78, 5) is 25.5. The van der Waals surface area contributed by atoms with Crippen LogP contribution in [0.25, 0.3) is 0 Å². The number of rotatable bonds is 9. The van der Waals surface area contributed by atoms with E-state index in [0.29, 0.717) is 25.1 Å². The second-order valence-electron chi connectivity index (χ2n) is 7.42. The van der Waals surface area contributed by atoms with Crippen molar-refractivity contribution < 1.29 is 14.3 Å². The largest absolute Gasteiger partial charge is 0.469 e. The molecule has 0 unspecified atom stereocenters. The second-order valence-corrected chi connectivity index (χ2v) is 7.42. The third-order valence-corrected chi connectivity index (χ3v) is 4.29. The highest BCUT2D eigenvalue weighted by atomic mass is 16.5.